The van der Waals surface area contributed by atoms with Gasteiger partial charge in [0.2, 0.25) is 5.91 Å². The molecule has 0 fully saturated rings. The number of hydrogen-bond acceptors (Lipinski definition) is 3. The minimum atomic E-state index is 0.146. The highest BCUT2D eigenvalue weighted by molar-refractivity contribution is 5.95. The molecule has 0 aliphatic carbocycles. The maximum Gasteiger partial charge on any atom is 0.227 e. The summed E-state index contributed by atoms with van der Waals surface area (Å²) in [6.45, 7) is 1.03. The Kier molecular flexibility index (Phi) is 5.80. The normalized spacial score (nSPS) is 13.6. The predicted octanol–water partition coefficient (Wildman–Crippen LogP) is 5.14. The van der Waals surface area contributed by atoms with E-state index in [-0.39, 0.29) is 5.91 Å². The summed E-state index contributed by atoms with van der Waals surface area (Å²) in [6.07, 6.45) is 2.23. The first-order chi connectivity index (χ1) is 14.2. The lowest BCUT2D eigenvalue weighted by Crippen LogP contribution is -2.29. The van der Waals surface area contributed by atoms with Crippen molar-refractivity contribution in [1.82, 2.24) is 0 Å². The molecule has 0 bridgehead atoms. The van der Waals surface area contributed by atoms with E-state index in [9.17, 15) is 4.79 Å². The molecule has 0 aromatic heterocycles. The second-order valence-electron chi connectivity index (χ2n) is 7.23. The van der Waals surface area contributed by atoms with Crippen molar-refractivity contribution in [3.63, 3.8) is 0 Å². The highest BCUT2D eigenvalue weighted by Crippen LogP contribution is 2.38. The number of fused-ring (bicyclic) bond motifs is 1. The lowest BCUT2D eigenvalue weighted by molar-refractivity contribution is -0.118. The van der Waals surface area contributed by atoms with Gasteiger partial charge >= 0.3 is 0 Å². The number of methoxy groups -OCH3 is 1. The lowest BCUT2D eigenvalue weighted by atomic mass is 10.1. The number of amides is 1. The SMILES string of the molecule is COc1cc2c(cc1OCc1ccccc1)CCCC(=O)N2Cc1ccccc1. The van der Waals surface area contributed by atoms with E-state index in [1.165, 1.54) is 0 Å². The molecule has 148 valence electrons. The van der Waals surface area contributed by atoms with E-state index in [1.54, 1.807) is 7.11 Å². The molecule has 4 rings (SSSR count). The average Bonchev–Trinajstić information content (AvgIpc) is 2.91. The van der Waals surface area contributed by atoms with Crippen molar-refractivity contribution in [2.24, 2.45) is 0 Å². The van der Waals surface area contributed by atoms with E-state index >= 15 is 0 Å². The third-order valence-electron chi connectivity index (χ3n) is 5.21. The third-order valence-corrected chi connectivity index (χ3v) is 5.21. The summed E-state index contributed by atoms with van der Waals surface area (Å²) in [5.41, 5.74) is 4.25. The van der Waals surface area contributed by atoms with Crippen molar-refractivity contribution in [2.75, 3.05) is 12.0 Å². The van der Waals surface area contributed by atoms with Crippen LogP contribution in [0.4, 0.5) is 5.69 Å². The van der Waals surface area contributed by atoms with Crippen molar-refractivity contribution in [3.05, 3.63) is 89.5 Å². The van der Waals surface area contributed by atoms with E-state index in [0.717, 1.165) is 35.2 Å². The molecule has 4 heteroatoms. The summed E-state index contributed by atoms with van der Waals surface area (Å²) in [6, 6.07) is 24.1. The van der Waals surface area contributed by atoms with Gasteiger partial charge in [0.1, 0.15) is 6.61 Å². The van der Waals surface area contributed by atoms with E-state index < -0.39 is 0 Å². The Morgan fingerprint density at radius 2 is 1.55 bits per heavy atom. The van der Waals surface area contributed by atoms with Crippen LogP contribution in [0.3, 0.4) is 0 Å². The number of rotatable bonds is 6. The van der Waals surface area contributed by atoms with Gasteiger partial charge in [-0.1, -0.05) is 60.7 Å². The molecule has 1 aliphatic heterocycles. The number of aryl methyl sites for hydroxylation is 1. The summed E-state index contributed by atoms with van der Waals surface area (Å²) < 4.78 is 11.7. The van der Waals surface area contributed by atoms with Crippen LogP contribution in [-0.4, -0.2) is 13.0 Å². The Bertz CT molecular complexity index is 970. The Morgan fingerprint density at radius 1 is 0.862 bits per heavy atom. The fraction of sp³-hybridized carbons (Fsp3) is 0.240. The monoisotopic (exact) mass is 387 g/mol. The standard InChI is InChI=1S/C25H25NO3/c1-28-23-16-22-21(15-24(23)29-18-20-11-6-3-7-12-20)13-8-14-25(27)26(22)17-19-9-4-2-5-10-19/h2-7,9-12,15-16H,8,13-14,17-18H2,1H3. The van der Waals surface area contributed by atoms with Gasteiger partial charge in [-0.15, -0.1) is 0 Å². The molecular weight excluding hydrogens is 362 g/mol. The van der Waals surface area contributed by atoms with Crippen LogP contribution in [0.25, 0.3) is 0 Å². The van der Waals surface area contributed by atoms with Crippen molar-refractivity contribution in [3.8, 4) is 11.5 Å². The minimum absolute atomic E-state index is 0.146. The van der Waals surface area contributed by atoms with Gasteiger partial charge in [0.05, 0.1) is 19.3 Å². The van der Waals surface area contributed by atoms with Gasteiger partial charge < -0.3 is 14.4 Å². The van der Waals surface area contributed by atoms with Crippen molar-refractivity contribution < 1.29 is 14.3 Å². The molecule has 1 amide bonds. The number of carbonyl (C=O) groups excluding carboxylic acids is 1. The van der Waals surface area contributed by atoms with Crippen molar-refractivity contribution in [1.29, 1.82) is 0 Å². The molecule has 1 heterocycles. The molecule has 3 aromatic carbocycles. The first kappa shape index (κ1) is 19.1. The molecule has 0 atom stereocenters. The van der Waals surface area contributed by atoms with Crippen LogP contribution in [0.5, 0.6) is 11.5 Å². The molecule has 4 nitrogen and oxygen atoms in total. The predicted molar refractivity (Wildman–Crippen MR) is 114 cm³/mol. The average molecular weight is 387 g/mol. The summed E-state index contributed by atoms with van der Waals surface area (Å²) in [7, 11) is 1.64. The second-order valence-corrected chi connectivity index (χ2v) is 7.23. The van der Waals surface area contributed by atoms with Crippen LogP contribution in [-0.2, 0) is 24.4 Å². The first-order valence-electron chi connectivity index (χ1n) is 9.96. The van der Waals surface area contributed by atoms with Gasteiger partial charge in [0, 0.05) is 12.5 Å². The number of nitrogens with zero attached hydrogens (tertiary/aromatic N) is 1. The Hall–Kier alpha value is -3.27. The van der Waals surface area contributed by atoms with Gasteiger partial charge in [-0.05, 0) is 35.6 Å². The van der Waals surface area contributed by atoms with Gasteiger partial charge in [-0.25, -0.2) is 0 Å². The summed E-state index contributed by atoms with van der Waals surface area (Å²) in [5, 5.41) is 0. The maximum absolute atomic E-state index is 12.8. The largest absolute Gasteiger partial charge is 0.493 e. The van der Waals surface area contributed by atoms with Crippen molar-refractivity contribution in [2.45, 2.75) is 32.4 Å². The molecular formula is C25H25NO3. The molecule has 0 saturated carbocycles. The second kappa shape index (κ2) is 8.82. The van der Waals surface area contributed by atoms with Crippen LogP contribution >= 0.6 is 0 Å². The number of ether oxygens (including phenoxy) is 2. The Morgan fingerprint density at radius 3 is 2.24 bits per heavy atom. The molecule has 1 aliphatic rings. The molecule has 3 aromatic rings. The Labute approximate surface area is 171 Å². The van der Waals surface area contributed by atoms with Crippen molar-refractivity contribution >= 4 is 11.6 Å². The summed E-state index contributed by atoms with van der Waals surface area (Å²) in [5.74, 6) is 1.50. The van der Waals surface area contributed by atoms with E-state index in [2.05, 4.69) is 0 Å². The van der Waals surface area contributed by atoms with Gasteiger partial charge in [0.15, 0.2) is 11.5 Å². The maximum atomic E-state index is 12.8. The smallest absolute Gasteiger partial charge is 0.227 e. The van der Waals surface area contributed by atoms with Crippen LogP contribution in [0.1, 0.15) is 29.5 Å². The molecule has 0 spiro atoms. The highest BCUT2D eigenvalue weighted by Gasteiger charge is 2.25. The van der Waals surface area contributed by atoms with Crippen LogP contribution in [0.15, 0.2) is 72.8 Å². The zero-order chi connectivity index (χ0) is 20.1. The molecule has 0 N–H and O–H groups in total. The lowest BCUT2D eigenvalue weighted by Gasteiger charge is -2.25. The Balaban J connectivity index is 1.65. The van der Waals surface area contributed by atoms with E-state index in [4.69, 9.17) is 9.47 Å². The molecule has 29 heavy (non-hydrogen) atoms. The number of hydrogen-bond donors (Lipinski definition) is 0. The van der Waals surface area contributed by atoms with Gasteiger partial charge in [-0.2, -0.15) is 0 Å². The fourth-order valence-electron chi connectivity index (χ4n) is 3.69. The van der Waals surface area contributed by atoms with Gasteiger partial charge in [-0.3, -0.25) is 4.79 Å². The number of benzene rings is 3. The van der Waals surface area contributed by atoms with E-state index in [1.807, 2.05) is 77.7 Å². The first-order valence-corrected chi connectivity index (χ1v) is 9.96. The van der Waals surface area contributed by atoms with Crippen LogP contribution in [0.2, 0.25) is 0 Å². The van der Waals surface area contributed by atoms with Crippen LogP contribution in [0, 0.1) is 0 Å². The fourth-order valence-corrected chi connectivity index (χ4v) is 3.69. The zero-order valence-electron chi connectivity index (χ0n) is 16.6. The topological polar surface area (TPSA) is 38.8 Å². The van der Waals surface area contributed by atoms with E-state index in [0.29, 0.717) is 31.1 Å². The molecule has 0 unspecified atom stereocenters. The summed E-state index contributed by atoms with van der Waals surface area (Å²) >= 11 is 0. The summed E-state index contributed by atoms with van der Waals surface area (Å²) in [4.78, 5) is 14.7. The number of carbonyl (C=O) groups is 1. The zero-order valence-corrected chi connectivity index (χ0v) is 16.6. The highest BCUT2D eigenvalue weighted by atomic mass is 16.5. The third kappa shape index (κ3) is 4.43. The minimum Gasteiger partial charge on any atom is -0.493 e. The number of anilines is 1. The molecule has 0 radical (unpaired) electrons. The van der Waals surface area contributed by atoms with Gasteiger partial charge in [0.25, 0.3) is 0 Å². The van der Waals surface area contributed by atoms with Crippen LogP contribution < -0.4 is 14.4 Å². The molecule has 0 saturated heterocycles. The quantitative estimate of drug-likeness (QED) is 0.588.